The third kappa shape index (κ3) is 4.42. The average molecular weight is 489 g/mol. The molecule has 0 radical (unpaired) electrons. The quantitative estimate of drug-likeness (QED) is 0.280. The van der Waals surface area contributed by atoms with Gasteiger partial charge in [0.1, 0.15) is 11.3 Å². The van der Waals surface area contributed by atoms with Crippen molar-refractivity contribution < 1.29 is 4.79 Å². The number of nitrogens with one attached hydrogen (secondary N) is 3. The maximum absolute atomic E-state index is 12.2. The zero-order chi connectivity index (χ0) is 25.4. The van der Waals surface area contributed by atoms with Crippen molar-refractivity contribution in [2.45, 2.75) is 20.3 Å². The van der Waals surface area contributed by atoms with Crippen LogP contribution in [-0.2, 0) is 4.79 Å². The first-order chi connectivity index (χ1) is 18.0. The van der Waals surface area contributed by atoms with E-state index in [1.54, 1.807) is 37.2 Å². The molecule has 0 aliphatic rings. The minimum atomic E-state index is -0.0294. The number of carbonyl (C=O) groups is 1. The molecule has 0 aromatic carbocycles. The SMILES string of the molecule is CC(C)CC(=O)Nc1cncc(-c2cnc3[nH]nc(-c4cc5c(-c6ccncc6)ccnc5[nH]4)c3c2)c1. The predicted molar refractivity (Wildman–Crippen MR) is 144 cm³/mol. The standard InChI is InChI=1S/C28H24N8O/c1-16(2)9-25(37)33-20-10-18(13-30-15-20)19-11-23-26(35-36-28(23)32-14-19)24-12-22-21(5-8-31-27(22)34-24)17-3-6-29-7-4-17/h3-8,10-16H,9H2,1-2H3,(H,31,34)(H,33,37)(H,32,35,36). The fourth-order valence-electron chi connectivity index (χ4n) is 4.45. The summed E-state index contributed by atoms with van der Waals surface area (Å²) in [5, 5.41) is 12.4. The number of carbonyl (C=O) groups excluding carboxylic acids is 1. The van der Waals surface area contributed by atoms with Gasteiger partial charge in [0.15, 0.2) is 5.65 Å². The highest BCUT2D eigenvalue weighted by Crippen LogP contribution is 2.34. The molecule has 0 fully saturated rings. The molecule has 0 unspecified atom stereocenters. The average Bonchev–Trinajstić information content (AvgIpc) is 3.52. The Morgan fingerprint density at radius 3 is 2.54 bits per heavy atom. The van der Waals surface area contributed by atoms with Crippen LogP contribution in [0, 0.1) is 5.92 Å². The van der Waals surface area contributed by atoms with E-state index < -0.39 is 0 Å². The maximum atomic E-state index is 12.2. The van der Waals surface area contributed by atoms with E-state index >= 15 is 0 Å². The summed E-state index contributed by atoms with van der Waals surface area (Å²) in [6, 6.07) is 12.0. The fraction of sp³-hybridized carbons (Fsp3) is 0.143. The summed E-state index contributed by atoms with van der Waals surface area (Å²) >= 11 is 0. The first kappa shape index (κ1) is 22.5. The van der Waals surface area contributed by atoms with Crippen LogP contribution < -0.4 is 5.32 Å². The molecule has 0 atom stereocenters. The minimum Gasteiger partial charge on any atom is -0.338 e. The van der Waals surface area contributed by atoms with E-state index in [1.807, 2.05) is 44.2 Å². The monoisotopic (exact) mass is 488 g/mol. The van der Waals surface area contributed by atoms with Gasteiger partial charge >= 0.3 is 0 Å². The molecule has 3 N–H and O–H groups in total. The van der Waals surface area contributed by atoms with Gasteiger partial charge in [-0.1, -0.05) is 13.8 Å². The number of H-pyrrole nitrogens is 2. The van der Waals surface area contributed by atoms with E-state index in [-0.39, 0.29) is 11.8 Å². The Hall–Kier alpha value is -4.92. The lowest BCUT2D eigenvalue weighted by Gasteiger charge is -2.08. The van der Waals surface area contributed by atoms with Crippen LogP contribution in [0.3, 0.4) is 0 Å². The molecule has 6 aromatic heterocycles. The van der Waals surface area contributed by atoms with E-state index in [2.05, 4.69) is 46.5 Å². The van der Waals surface area contributed by atoms with Crippen molar-refractivity contribution in [2.75, 3.05) is 5.32 Å². The molecule has 0 saturated carbocycles. The Kier molecular flexibility index (Phi) is 5.65. The van der Waals surface area contributed by atoms with Crippen LogP contribution >= 0.6 is 0 Å². The molecule has 0 spiro atoms. The van der Waals surface area contributed by atoms with E-state index in [9.17, 15) is 4.79 Å². The van der Waals surface area contributed by atoms with Crippen molar-refractivity contribution in [3.8, 4) is 33.6 Å². The zero-order valence-electron chi connectivity index (χ0n) is 20.4. The largest absolute Gasteiger partial charge is 0.338 e. The lowest BCUT2D eigenvalue weighted by molar-refractivity contribution is -0.116. The van der Waals surface area contributed by atoms with Gasteiger partial charge in [-0.05, 0) is 53.4 Å². The Labute approximate surface area is 212 Å². The van der Waals surface area contributed by atoms with Crippen LogP contribution in [0.1, 0.15) is 20.3 Å². The topological polar surface area (TPSA) is 125 Å². The summed E-state index contributed by atoms with van der Waals surface area (Å²) in [6.07, 6.45) is 11.0. The molecular weight excluding hydrogens is 464 g/mol. The predicted octanol–water partition coefficient (Wildman–Crippen LogP) is 5.61. The molecule has 6 aromatic rings. The maximum Gasteiger partial charge on any atom is 0.224 e. The number of rotatable bonds is 6. The molecule has 9 nitrogen and oxygen atoms in total. The number of fused-ring (bicyclic) bond motifs is 2. The molecule has 6 rings (SSSR count). The Balaban J connectivity index is 1.38. The molecule has 0 saturated heterocycles. The van der Waals surface area contributed by atoms with Crippen molar-refractivity contribution in [1.82, 2.24) is 35.1 Å². The number of hydrogen-bond acceptors (Lipinski definition) is 6. The van der Waals surface area contributed by atoms with Crippen LogP contribution in [0.4, 0.5) is 5.69 Å². The molecule has 182 valence electrons. The Morgan fingerprint density at radius 2 is 1.70 bits per heavy atom. The summed E-state index contributed by atoms with van der Waals surface area (Å²) in [7, 11) is 0. The van der Waals surface area contributed by atoms with Gasteiger partial charge in [0.2, 0.25) is 5.91 Å². The van der Waals surface area contributed by atoms with Crippen LogP contribution in [0.5, 0.6) is 0 Å². The van der Waals surface area contributed by atoms with Crippen molar-refractivity contribution in [3.63, 3.8) is 0 Å². The van der Waals surface area contributed by atoms with Crippen LogP contribution in [0.2, 0.25) is 0 Å². The molecule has 37 heavy (non-hydrogen) atoms. The van der Waals surface area contributed by atoms with Crippen molar-refractivity contribution in [2.24, 2.45) is 5.92 Å². The van der Waals surface area contributed by atoms with Gasteiger partial charge in [-0.15, -0.1) is 0 Å². The van der Waals surface area contributed by atoms with Crippen LogP contribution in [0.25, 0.3) is 55.7 Å². The van der Waals surface area contributed by atoms with Crippen LogP contribution in [-0.4, -0.2) is 41.0 Å². The van der Waals surface area contributed by atoms with E-state index in [1.165, 1.54) is 0 Å². The van der Waals surface area contributed by atoms with Gasteiger partial charge in [0, 0.05) is 59.3 Å². The number of pyridine rings is 4. The number of aromatic amines is 2. The summed E-state index contributed by atoms with van der Waals surface area (Å²) in [5.74, 6) is 0.251. The van der Waals surface area contributed by atoms with Crippen molar-refractivity contribution >= 4 is 33.7 Å². The lowest BCUT2D eigenvalue weighted by atomic mass is 10.0. The Morgan fingerprint density at radius 1 is 0.865 bits per heavy atom. The molecule has 0 aliphatic carbocycles. The smallest absolute Gasteiger partial charge is 0.224 e. The normalized spacial score (nSPS) is 11.4. The van der Waals surface area contributed by atoms with Gasteiger partial charge in [-0.3, -0.25) is 19.9 Å². The minimum absolute atomic E-state index is 0.0294. The third-order valence-electron chi connectivity index (χ3n) is 6.14. The summed E-state index contributed by atoms with van der Waals surface area (Å²) < 4.78 is 0. The van der Waals surface area contributed by atoms with Gasteiger partial charge in [-0.25, -0.2) is 9.97 Å². The van der Waals surface area contributed by atoms with E-state index in [0.29, 0.717) is 17.8 Å². The van der Waals surface area contributed by atoms with Gasteiger partial charge < -0.3 is 10.3 Å². The van der Waals surface area contributed by atoms with Gasteiger partial charge in [-0.2, -0.15) is 5.10 Å². The number of aromatic nitrogens is 7. The highest BCUT2D eigenvalue weighted by atomic mass is 16.1. The Bertz CT molecular complexity index is 1740. The summed E-state index contributed by atoms with van der Waals surface area (Å²) in [4.78, 5) is 33.2. The first-order valence-electron chi connectivity index (χ1n) is 12.0. The zero-order valence-corrected chi connectivity index (χ0v) is 20.4. The second-order valence-electron chi connectivity index (χ2n) is 9.34. The molecule has 9 heteroatoms. The molecule has 0 aliphatic heterocycles. The number of anilines is 1. The molecule has 1 amide bonds. The molecule has 6 heterocycles. The van der Waals surface area contributed by atoms with Gasteiger partial charge in [0.05, 0.1) is 17.6 Å². The van der Waals surface area contributed by atoms with Crippen molar-refractivity contribution in [3.05, 3.63) is 73.6 Å². The first-order valence-corrected chi connectivity index (χ1v) is 12.0. The summed E-state index contributed by atoms with van der Waals surface area (Å²) in [6.45, 7) is 4.03. The van der Waals surface area contributed by atoms with Crippen molar-refractivity contribution in [1.29, 1.82) is 0 Å². The number of hydrogen-bond donors (Lipinski definition) is 3. The van der Waals surface area contributed by atoms with Gasteiger partial charge in [0.25, 0.3) is 0 Å². The van der Waals surface area contributed by atoms with E-state index in [4.69, 9.17) is 0 Å². The van der Waals surface area contributed by atoms with E-state index in [0.717, 1.165) is 50.1 Å². The fourth-order valence-corrected chi connectivity index (χ4v) is 4.45. The third-order valence-corrected chi connectivity index (χ3v) is 6.14. The van der Waals surface area contributed by atoms with Crippen LogP contribution in [0.15, 0.2) is 73.6 Å². The lowest BCUT2D eigenvalue weighted by Crippen LogP contribution is -2.13. The highest BCUT2D eigenvalue weighted by Gasteiger charge is 2.16. The second kappa shape index (κ2) is 9.27. The molecular formula is C28H24N8O. The highest BCUT2D eigenvalue weighted by molar-refractivity contribution is 6.00. The second-order valence-corrected chi connectivity index (χ2v) is 9.34. The summed E-state index contributed by atoms with van der Waals surface area (Å²) in [5.41, 5.74) is 7.54. The number of nitrogens with zero attached hydrogens (tertiary/aromatic N) is 5. The molecule has 0 bridgehead atoms. The number of amides is 1.